The molecule has 4 nitrogen and oxygen atoms in total. The van der Waals surface area contributed by atoms with Crippen molar-refractivity contribution in [2.45, 2.75) is 43.9 Å². The van der Waals surface area contributed by atoms with Crippen molar-refractivity contribution in [1.29, 1.82) is 0 Å². The van der Waals surface area contributed by atoms with Crippen molar-refractivity contribution in [1.82, 2.24) is 5.32 Å². The fourth-order valence-corrected chi connectivity index (χ4v) is 3.41. The number of hydrogen-bond donors (Lipinski definition) is 2. The Hall–Kier alpha value is -1.49. The third-order valence-corrected chi connectivity index (χ3v) is 4.92. The van der Waals surface area contributed by atoms with Crippen molar-refractivity contribution in [2.24, 2.45) is 0 Å². The first-order valence-corrected chi connectivity index (χ1v) is 8.06. The number of thioether (sulfide) groups is 1. The van der Waals surface area contributed by atoms with Gasteiger partial charge in [0, 0.05) is 5.75 Å². The zero-order valence-corrected chi connectivity index (χ0v) is 13.4. The van der Waals surface area contributed by atoms with E-state index in [1.807, 2.05) is 0 Å². The molecule has 1 amide bonds. The van der Waals surface area contributed by atoms with E-state index in [4.69, 9.17) is 5.11 Å². The predicted molar refractivity (Wildman–Crippen MR) is 84.7 cm³/mol. The third-order valence-electron chi connectivity index (χ3n) is 3.61. The number of rotatable bonds is 3. The Labute approximate surface area is 129 Å². The van der Waals surface area contributed by atoms with Crippen molar-refractivity contribution in [3.05, 3.63) is 35.4 Å². The summed E-state index contributed by atoms with van der Waals surface area (Å²) in [6.07, 6.45) is 0.632. The van der Waals surface area contributed by atoms with Crippen LogP contribution in [0.2, 0.25) is 0 Å². The number of carboxylic acids is 1. The van der Waals surface area contributed by atoms with Crippen molar-refractivity contribution in [2.75, 3.05) is 5.75 Å². The predicted octanol–water partition coefficient (Wildman–Crippen LogP) is 2.21. The van der Waals surface area contributed by atoms with E-state index in [0.29, 0.717) is 12.2 Å². The summed E-state index contributed by atoms with van der Waals surface area (Å²) < 4.78 is 0. The Morgan fingerprint density at radius 3 is 2.43 bits per heavy atom. The molecule has 0 radical (unpaired) electrons. The quantitative estimate of drug-likeness (QED) is 0.898. The number of benzene rings is 1. The Kier molecular flexibility index (Phi) is 4.61. The van der Waals surface area contributed by atoms with Crippen molar-refractivity contribution < 1.29 is 14.7 Å². The molecule has 2 rings (SSSR count). The van der Waals surface area contributed by atoms with Crippen molar-refractivity contribution in [3.8, 4) is 0 Å². The van der Waals surface area contributed by atoms with E-state index in [9.17, 15) is 9.59 Å². The van der Waals surface area contributed by atoms with Crippen LogP contribution in [0.3, 0.4) is 0 Å². The van der Waals surface area contributed by atoms with Gasteiger partial charge in [0.25, 0.3) is 0 Å². The second-order valence-electron chi connectivity index (χ2n) is 6.37. The maximum Gasteiger partial charge on any atom is 0.327 e. The number of carbonyl (C=O) groups excluding carboxylic acids is 1. The number of nitrogens with one attached hydrogen (secondary N) is 1. The normalized spacial score (nSPS) is 22.7. The Morgan fingerprint density at radius 1 is 1.33 bits per heavy atom. The minimum Gasteiger partial charge on any atom is -0.480 e. The summed E-state index contributed by atoms with van der Waals surface area (Å²) in [5, 5.41) is 11.3. The highest BCUT2D eigenvalue weighted by Crippen LogP contribution is 2.25. The molecule has 1 heterocycles. The van der Waals surface area contributed by atoms with Gasteiger partial charge in [-0.25, -0.2) is 4.79 Å². The van der Waals surface area contributed by atoms with Crippen LogP contribution in [0.5, 0.6) is 0 Å². The number of amides is 1. The molecule has 1 aromatic rings. The molecule has 1 fully saturated rings. The van der Waals surface area contributed by atoms with Gasteiger partial charge in [-0.05, 0) is 23.0 Å². The van der Waals surface area contributed by atoms with E-state index >= 15 is 0 Å². The van der Waals surface area contributed by atoms with Gasteiger partial charge in [-0.3, -0.25) is 4.79 Å². The molecule has 0 unspecified atom stereocenters. The van der Waals surface area contributed by atoms with Gasteiger partial charge >= 0.3 is 5.97 Å². The highest BCUT2D eigenvalue weighted by atomic mass is 32.2. The summed E-state index contributed by atoms with van der Waals surface area (Å²) in [6.45, 7) is 6.50. The van der Waals surface area contributed by atoms with Gasteiger partial charge in [0.1, 0.15) is 6.04 Å². The highest BCUT2D eigenvalue weighted by molar-refractivity contribution is 8.00. The highest BCUT2D eigenvalue weighted by Gasteiger charge is 2.32. The smallest absolute Gasteiger partial charge is 0.327 e. The van der Waals surface area contributed by atoms with E-state index in [0.717, 1.165) is 5.56 Å². The molecule has 21 heavy (non-hydrogen) atoms. The number of hydrogen-bond acceptors (Lipinski definition) is 3. The van der Waals surface area contributed by atoms with Gasteiger partial charge < -0.3 is 10.4 Å². The molecule has 0 saturated carbocycles. The van der Waals surface area contributed by atoms with Crippen LogP contribution in [0.25, 0.3) is 0 Å². The third kappa shape index (κ3) is 4.00. The second-order valence-corrected chi connectivity index (χ2v) is 7.61. The first-order valence-electron chi connectivity index (χ1n) is 7.01. The van der Waals surface area contributed by atoms with Crippen LogP contribution in [0, 0.1) is 0 Å². The van der Waals surface area contributed by atoms with Gasteiger partial charge in [-0.1, -0.05) is 45.0 Å². The maximum absolute atomic E-state index is 11.9. The van der Waals surface area contributed by atoms with Crippen LogP contribution in [-0.4, -0.2) is 34.0 Å². The molecular weight excluding hydrogens is 286 g/mol. The molecule has 1 aromatic carbocycles. The number of carboxylic acid groups (broad SMARTS) is 1. The fraction of sp³-hybridized carbons (Fsp3) is 0.500. The first kappa shape index (κ1) is 15.9. The summed E-state index contributed by atoms with van der Waals surface area (Å²) in [6, 6.07) is 7.54. The maximum atomic E-state index is 11.9. The SMILES string of the molecule is CC(C)(C)c1ccc(C[C@@H]2SC[C@@H](C(=O)O)NC2=O)cc1. The van der Waals surface area contributed by atoms with E-state index in [2.05, 4.69) is 50.4 Å². The van der Waals surface area contributed by atoms with Crippen LogP contribution in [0.4, 0.5) is 0 Å². The summed E-state index contributed by atoms with van der Waals surface area (Å²) in [4.78, 5) is 22.8. The van der Waals surface area contributed by atoms with E-state index in [1.165, 1.54) is 17.3 Å². The Bertz CT molecular complexity index is 533. The van der Waals surface area contributed by atoms with Crippen molar-refractivity contribution >= 4 is 23.6 Å². The summed E-state index contributed by atoms with van der Waals surface area (Å²) in [5.41, 5.74) is 2.48. The lowest BCUT2D eigenvalue weighted by atomic mass is 9.86. The topological polar surface area (TPSA) is 66.4 Å². The molecule has 0 spiro atoms. The van der Waals surface area contributed by atoms with Crippen LogP contribution in [0.15, 0.2) is 24.3 Å². The van der Waals surface area contributed by atoms with Gasteiger partial charge in [0.05, 0.1) is 5.25 Å². The average Bonchev–Trinajstić information content (AvgIpc) is 2.40. The molecule has 1 aliphatic heterocycles. The summed E-state index contributed by atoms with van der Waals surface area (Å²) in [7, 11) is 0. The van der Waals surface area contributed by atoms with Crippen LogP contribution >= 0.6 is 11.8 Å². The largest absolute Gasteiger partial charge is 0.480 e. The minimum atomic E-state index is -0.969. The van der Waals surface area contributed by atoms with Crippen LogP contribution in [-0.2, 0) is 21.4 Å². The van der Waals surface area contributed by atoms with E-state index < -0.39 is 12.0 Å². The number of carbonyl (C=O) groups is 2. The lowest BCUT2D eigenvalue weighted by molar-refractivity contribution is -0.141. The monoisotopic (exact) mass is 307 g/mol. The van der Waals surface area contributed by atoms with Gasteiger partial charge in [0.15, 0.2) is 0 Å². The second kappa shape index (κ2) is 6.10. The number of aliphatic carboxylic acids is 1. The van der Waals surface area contributed by atoms with Crippen LogP contribution < -0.4 is 5.32 Å². The standard InChI is InChI=1S/C16H21NO3S/c1-16(2,3)11-6-4-10(5-7-11)8-13-14(18)17-12(9-21-13)15(19)20/h4-7,12-13H,8-9H2,1-3H3,(H,17,18)(H,19,20)/t12-,13-/m0/s1. The molecule has 0 bridgehead atoms. The Morgan fingerprint density at radius 2 is 1.95 bits per heavy atom. The summed E-state index contributed by atoms with van der Waals surface area (Å²) >= 11 is 1.42. The van der Waals surface area contributed by atoms with Crippen LogP contribution in [0.1, 0.15) is 31.9 Å². The molecule has 0 aromatic heterocycles. The molecule has 114 valence electrons. The molecule has 5 heteroatoms. The first-order chi connectivity index (χ1) is 9.77. The van der Waals surface area contributed by atoms with Gasteiger partial charge in [0.2, 0.25) is 5.91 Å². The zero-order chi connectivity index (χ0) is 15.6. The van der Waals surface area contributed by atoms with Crippen molar-refractivity contribution in [3.63, 3.8) is 0 Å². The van der Waals surface area contributed by atoms with Gasteiger partial charge in [-0.15, -0.1) is 11.8 Å². The summed E-state index contributed by atoms with van der Waals surface area (Å²) in [5.74, 6) is -0.728. The minimum absolute atomic E-state index is 0.115. The molecule has 2 atom stereocenters. The lowest BCUT2D eigenvalue weighted by Gasteiger charge is -2.26. The van der Waals surface area contributed by atoms with E-state index in [-0.39, 0.29) is 16.6 Å². The molecular formula is C16H21NO3S. The fourth-order valence-electron chi connectivity index (χ4n) is 2.23. The molecule has 1 aliphatic rings. The molecule has 1 saturated heterocycles. The zero-order valence-electron chi connectivity index (χ0n) is 12.6. The Balaban J connectivity index is 1.99. The average molecular weight is 307 g/mol. The molecule has 2 N–H and O–H groups in total. The lowest BCUT2D eigenvalue weighted by Crippen LogP contribution is -2.51. The molecule has 0 aliphatic carbocycles. The van der Waals surface area contributed by atoms with Gasteiger partial charge in [-0.2, -0.15) is 0 Å². The van der Waals surface area contributed by atoms with E-state index in [1.54, 1.807) is 0 Å².